The number of carboxylic acids is 1. The molecule has 2 aliphatic rings. The van der Waals surface area contributed by atoms with Gasteiger partial charge in [-0.1, -0.05) is 31.0 Å². The Morgan fingerprint density at radius 3 is 2.50 bits per heavy atom. The zero-order valence-electron chi connectivity index (χ0n) is 13.4. The summed E-state index contributed by atoms with van der Waals surface area (Å²) in [5, 5.41) is 11.9. The highest BCUT2D eigenvalue weighted by Crippen LogP contribution is 2.34. The van der Waals surface area contributed by atoms with Crippen LogP contribution in [0.2, 0.25) is 0 Å². The van der Waals surface area contributed by atoms with Crippen LogP contribution >= 0.6 is 0 Å². The van der Waals surface area contributed by atoms with Gasteiger partial charge < -0.3 is 15.3 Å². The number of rotatable bonds is 6. The SMILES string of the molecule is O=C(O)CN(CCN1C(=O)NC2(CCCC2)C1=O)c1ccccc1. The van der Waals surface area contributed by atoms with Crippen molar-refractivity contribution in [3.63, 3.8) is 0 Å². The monoisotopic (exact) mass is 331 g/mol. The van der Waals surface area contributed by atoms with Gasteiger partial charge in [-0.05, 0) is 25.0 Å². The Kier molecular flexibility index (Phi) is 4.42. The second-order valence-electron chi connectivity index (χ2n) is 6.33. The number of imide groups is 1. The van der Waals surface area contributed by atoms with Crippen molar-refractivity contribution in [3.05, 3.63) is 30.3 Å². The summed E-state index contributed by atoms with van der Waals surface area (Å²) in [5.41, 5.74) is 0.0316. The number of hydrogen-bond acceptors (Lipinski definition) is 4. The van der Waals surface area contributed by atoms with E-state index in [9.17, 15) is 14.4 Å². The molecule has 1 saturated heterocycles. The molecule has 0 aromatic heterocycles. The first-order chi connectivity index (χ1) is 11.5. The van der Waals surface area contributed by atoms with E-state index in [1.807, 2.05) is 30.3 Å². The van der Waals surface area contributed by atoms with Crippen LogP contribution in [0, 0.1) is 0 Å². The van der Waals surface area contributed by atoms with Gasteiger partial charge in [-0.2, -0.15) is 0 Å². The van der Waals surface area contributed by atoms with Crippen LogP contribution in [0.15, 0.2) is 30.3 Å². The second kappa shape index (κ2) is 6.51. The Balaban J connectivity index is 1.69. The molecule has 1 heterocycles. The number of benzene rings is 1. The standard InChI is InChI=1S/C17H21N3O4/c21-14(22)12-19(13-6-2-1-3-7-13)10-11-20-15(23)17(18-16(20)24)8-4-5-9-17/h1-3,6-7H,4-5,8-12H2,(H,18,24)(H,21,22). The third-order valence-electron chi connectivity index (χ3n) is 4.74. The average molecular weight is 331 g/mol. The van der Waals surface area contributed by atoms with Crippen LogP contribution in [0.25, 0.3) is 0 Å². The molecule has 1 aliphatic carbocycles. The lowest BCUT2D eigenvalue weighted by atomic mass is 9.98. The molecule has 1 spiro atoms. The van der Waals surface area contributed by atoms with Crippen molar-refractivity contribution in [2.75, 3.05) is 24.5 Å². The van der Waals surface area contributed by atoms with Gasteiger partial charge in [-0.25, -0.2) is 4.79 Å². The molecule has 128 valence electrons. The first-order valence-electron chi connectivity index (χ1n) is 8.18. The molecule has 2 N–H and O–H groups in total. The van der Waals surface area contributed by atoms with Gasteiger partial charge >= 0.3 is 12.0 Å². The largest absolute Gasteiger partial charge is 0.480 e. The maximum absolute atomic E-state index is 12.6. The minimum Gasteiger partial charge on any atom is -0.480 e. The maximum atomic E-state index is 12.6. The first-order valence-corrected chi connectivity index (χ1v) is 8.18. The highest BCUT2D eigenvalue weighted by Gasteiger charge is 2.52. The Morgan fingerprint density at radius 2 is 1.88 bits per heavy atom. The summed E-state index contributed by atoms with van der Waals surface area (Å²) in [6, 6.07) is 8.76. The van der Waals surface area contributed by atoms with E-state index in [4.69, 9.17) is 5.11 Å². The Morgan fingerprint density at radius 1 is 1.21 bits per heavy atom. The van der Waals surface area contributed by atoms with Crippen LogP contribution in [0.1, 0.15) is 25.7 Å². The van der Waals surface area contributed by atoms with Crippen LogP contribution in [0.4, 0.5) is 10.5 Å². The molecule has 3 amide bonds. The lowest BCUT2D eigenvalue weighted by Gasteiger charge is -2.25. The summed E-state index contributed by atoms with van der Waals surface area (Å²) >= 11 is 0. The van der Waals surface area contributed by atoms with Gasteiger partial charge in [0.25, 0.3) is 5.91 Å². The highest BCUT2D eigenvalue weighted by atomic mass is 16.4. The molecule has 3 rings (SSSR count). The minimum atomic E-state index is -0.955. The number of aliphatic carboxylic acids is 1. The summed E-state index contributed by atoms with van der Waals surface area (Å²) in [6.07, 6.45) is 3.25. The summed E-state index contributed by atoms with van der Waals surface area (Å²) in [5.74, 6) is -1.13. The van der Waals surface area contributed by atoms with Crippen molar-refractivity contribution >= 4 is 23.6 Å². The smallest absolute Gasteiger partial charge is 0.325 e. The number of nitrogens with zero attached hydrogens (tertiary/aromatic N) is 2. The number of nitrogens with one attached hydrogen (secondary N) is 1. The number of urea groups is 1. The molecule has 0 atom stereocenters. The number of anilines is 1. The molecular formula is C17H21N3O4. The fourth-order valence-corrected chi connectivity index (χ4v) is 3.52. The van der Waals surface area contributed by atoms with Crippen molar-refractivity contribution in [2.24, 2.45) is 0 Å². The van der Waals surface area contributed by atoms with Gasteiger partial charge in [0.05, 0.1) is 0 Å². The molecule has 0 radical (unpaired) electrons. The second-order valence-corrected chi connectivity index (χ2v) is 6.33. The van der Waals surface area contributed by atoms with Gasteiger partial charge in [0, 0.05) is 18.8 Å². The van der Waals surface area contributed by atoms with Gasteiger partial charge in [-0.3, -0.25) is 14.5 Å². The van der Waals surface area contributed by atoms with E-state index in [0.29, 0.717) is 12.8 Å². The molecule has 7 nitrogen and oxygen atoms in total. The van der Waals surface area contributed by atoms with Crippen molar-refractivity contribution in [2.45, 2.75) is 31.2 Å². The van der Waals surface area contributed by atoms with Gasteiger partial charge in [0.1, 0.15) is 12.1 Å². The molecule has 2 fully saturated rings. The number of carbonyl (C=O) groups is 3. The first kappa shape index (κ1) is 16.3. The summed E-state index contributed by atoms with van der Waals surface area (Å²) in [4.78, 5) is 38.8. The normalized spacial score (nSPS) is 18.9. The number of carboxylic acid groups (broad SMARTS) is 1. The van der Waals surface area contributed by atoms with E-state index in [1.54, 1.807) is 4.90 Å². The minimum absolute atomic E-state index is 0.173. The Hall–Kier alpha value is -2.57. The average Bonchev–Trinajstić information content (AvgIpc) is 3.12. The van der Waals surface area contributed by atoms with Crippen molar-refractivity contribution in [1.29, 1.82) is 0 Å². The zero-order chi connectivity index (χ0) is 17.2. The summed E-state index contributed by atoms with van der Waals surface area (Å²) in [7, 11) is 0. The lowest BCUT2D eigenvalue weighted by Crippen LogP contribution is -2.45. The zero-order valence-corrected chi connectivity index (χ0v) is 13.4. The molecule has 0 unspecified atom stereocenters. The number of hydrogen-bond donors (Lipinski definition) is 2. The fourth-order valence-electron chi connectivity index (χ4n) is 3.52. The van der Waals surface area contributed by atoms with E-state index in [1.165, 1.54) is 4.90 Å². The van der Waals surface area contributed by atoms with E-state index < -0.39 is 11.5 Å². The Labute approximate surface area is 140 Å². The van der Waals surface area contributed by atoms with Gasteiger partial charge in [0.15, 0.2) is 0 Å². The lowest BCUT2D eigenvalue weighted by molar-refractivity contribution is -0.135. The fraction of sp³-hybridized carbons (Fsp3) is 0.471. The van der Waals surface area contributed by atoms with Crippen molar-refractivity contribution in [3.8, 4) is 0 Å². The van der Waals surface area contributed by atoms with E-state index in [0.717, 1.165) is 18.5 Å². The van der Waals surface area contributed by atoms with Gasteiger partial charge in [0.2, 0.25) is 0 Å². The maximum Gasteiger partial charge on any atom is 0.325 e. The van der Waals surface area contributed by atoms with Crippen LogP contribution < -0.4 is 10.2 Å². The third-order valence-corrected chi connectivity index (χ3v) is 4.74. The van der Waals surface area contributed by atoms with Crippen LogP contribution in [0.3, 0.4) is 0 Å². The Bertz CT molecular complexity index is 640. The molecule has 1 saturated carbocycles. The molecule has 0 bridgehead atoms. The van der Waals surface area contributed by atoms with Crippen LogP contribution in [-0.4, -0.2) is 53.1 Å². The van der Waals surface area contributed by atoms with Crippen LogP contribution in [-0.2, 0) is 9.59 Å². The molecule has 24 heavy (non-hydrogen) atoms. The summed E-state index contributed by atoms with van der Waals surface area (Å²) < 4.78 is 0. The van der Waals surface area contributed by atoms with Gasteiger partial charge in [-0.15, -0.1) is 0 Å². The van der Waals surface area contributed by atoms with E-state index in [2.05, 4.69) is 5.32 Å². The predicted molar refractivity (Wildman–Crippen MR) is 87.7 cm³/mol. The third kappa shape index (κ3) is 3.06. The number of carbonyl (C=O) groups excluding carboxylic acids is 2. The molecule has 1 aliphatic heterocycles. The van der Waals surface area contributed by atoms with Crippen molar-refractivity contribution in [1.82, 2.24) is 10.2 Å². The molecular weight excluding hydrogens is 310 g/mol. The number of para-hydroxylation sites is 1. The number of amides is 3. The molecule has 1 aromatic carbocycles. The van der Waals surface area contributed by atoms with Crippen molar-refractivity contribution < 1.29 is 19.5 Å². The van der Waals surface area contributed by atoms with Crippen LogP contribution in [0.5, 0.6) is 0 Å². The topological polar surface area (TPSA) is 89.9 Å². The van der Waals surface area contributed by atoms with E-state index in [-0.39, 0.29) is 31.6 Å². The highest BCUT2D eigenvalue weighted by molar-refractivity contribution is 6.07. The molecule has 7 heteroatoms. The predicted octanol–water partition coefficient (Wildman–Crippen LogP) is 1.44. The quantitative estimate of drug-likeness (QED) is 0.770. The molecule has 1 aromatic rings. The van der Waals surface area contributed by atoms with E-state index >= 15 is 0 Å². The summed E-state index contributed by atoms with van der Waals surface area (Å²) in [6.45, 7) is 0.277.